The summed E-state index contributed by atoms with van der Waals surface area (Å²) in [6, 6.07) is 22.9. The number of nitrogens with one attached hydrogen (secondary N) is 1. The van der Waals surface area contributed by atoms with Crippen LogP contribution in [0.5, 0.6) is 0 Å². The largest absolute Gasteiger partial charge is 0.365 e. The fourth-order valence-electron chi connectivity index (χ4n) is 4.65. The molecule has 1 N–H and O–H groups in total. The van der Waals surface area contributed by atoms with Gasteiger partial charge >= 0.3 is 0 Å². The van der Waals surface area contributed by atoms with Gasteiger partial charge in [-0.15, -0.1) is 0 Å². The zero-order chi connectivity index (χ0) is 23.8. The minimum atomic E-state index is 0.0565. The first-order valence-electron chi connectivity index (χ1n) is 11.6. The van der Waals surface area contributed by atoms with Crippen molar-refractivity contribution in [3.63, 3.8) is 0 Å². The molecule has 0 radical (unpaired) electrons. The minimum Gasteiger partial charge on any atom is -0.365 e. The van der Waals surface area contributed by atoms with Crippen molar-refractivity contribution in [1.29, 1.82) is 0 Å². The van der Waals surface area contributed by atoms with E-state index in [0.717, 1.165) is 32.8 Å². The number of carbonyl (C=O) groups excluding carboxylic acids is 1. The zero-order valence-electron chi connectivity index (χ0n) is 19.6. The normalized spacial score (nSPS) is 16.3. The molecule has 0 saturated carbocycles. The van der Waals surface area contributed by atoms with E-state index in [1.165, 1.54) is 11.3 Å². The fraction of sp³-hybridized carbons (Fsp3) is 0.250. The van der Waals surface area contributed by atoms with E-state index < -0.39 is 0 Å². The number of benzene rings is 3. The number of aromatic amines is 1. The van der Waals surface area contributed by atoms with Gasteiger partial charge in [0.1, 0.15) is 5.69 Å². The molecule has 0 aliphatic carbocycles. The third kappa shape index (κ3) is 4.55. The third-order valence-electron chi connectivity index (χ3n) is 6.40. The summed E-state index contributed by atoms with van der Waals surface area (Å²) in [5.41, 5.74) is 5.29. The molecule has 6 heteroatoms. The molecule has 1 atom stereocenters. The van der Waals surface area contributed by atoms with Gasteiger partial charge < -0.3 is 14.8 Å². The van der Waals surface area contributed by atoms with Crippen molar-refractivity contribution >= 4 is 45.9 Å². The molecule has 174 valence electrons. The first-order valence-corrected chi connectivity index (χ1v) is 12.8. The standard InChI is InChI=1S/C28H28ClN3OS/c1-18-5-4-6-22(15-18)32-14-13-31(17-20(32)3)28(33)26-27(34-23-10-8-21(29)9-11-23)24-12-7-19(2)16-25(24)30-26/h4-12,15-16,20,30H,13-14,17H2,1-3H3. The molecule has 1 saturated heterocycles. The summed E-state index contributed by atoms with van der Waals surface area (Å²) in [6.07, 6.45) is 0. The maximum Gasteiger partial charge on any atom is 0.271 e. The molecule has 1 amide bonds. The van der Waals surface area contributed by atoms with Crippen molar-refractivity contribution in [2.45, 2.75) is 36.6 Å². The van der Waals surface area contributed by atoms with Crippen LogP contribution in [0.1, 0.15) is 28.5 Å². The van der Waals surface area contributed by atoms with Crippen LogP contribution in [0.2, 0.25) is 5.02 Å². The lowest BCUT2D eigenvalue weighted by atomic mass is 10.1. The summed E-state index contributed by atoms with van der Waals surface area (Å²) in [6.45, 7) is 8.57. The number of hydrogen-bond acceptors (Lipinski definition) is 3. The van der Waals surface area contributed by atoms with Crippen molar-refractivity contribution in [2.24, 2.45) is 0 Å². The lowest BCUT2D eigenvalue weighted by molar-refractivity contribution is 0.0718. The molecule has 2 heterocycles. The second-order valence-corrected chi connectivity index (χ2v) is 10.6. The van der Waals surface area contributed by atoms with Crippen LogP contribution in [-0.2, 0) is 0 Å². The Morgan fingerprint density at radius 1 is 1.00 bits per heavy atom. The number of anilines is 1. The molecule has 3 aromatic carbocycles. The lowest BCUT2D eigenvalue weighted by Gasteiger charge is -2.41. The maximum absolute atomic E-state index is 13.8. The quantitative estimate of drug-likeness (QED) is 0.337. The van der Waals surface area contributed by atoms with E-state index in [-0.39, 0.29) is 11.9 Å². The molecular formula is C28H28ClN3OS. The molecular weight excluding hydrogens is 462 g/mol. The minimum absolute atomic E-state index is 0.0565. The van der Waals surface area contributed by atoms with Gasteiger partial charge in [-0.25, -0.2) is 0 Å². The highest BCUT2D eigenvalue weighted by Gasteiger charge is 2.30. The predicted molar refractivity (Wildman–Crippen MR) is 143 cm³/mol. The number of rotatable bonds is 4. The number of fused-ring (bicyclic) bond motifs is 1. The van der Waals surface area contributed by atoms with E-state index in [9.17, 15) is 4.79 Å². The first-order chi connectivity index (χ1) is 16.4. The summed E-state index contributed by atoms with van der Waals surface area (Å²) >= 11 is 7.70. The van der Waals surface area contributed by atoms with Gasteiger partial charge in [-0.1, -0.05) is 47.6 Å². The van der Waals surface area contributed by atoms with Gasteiger partial charge in [-0.2, -0.15) is 0 Å². The number of amides is 1. The topological polar surface area (TPSA) is 39.3 Å². The highest BCUT2D eigenvalue weighted by molar-refractivity contribution is 7.99. The fourth-order valence-corrected chi connectivity index (χ4v) is 5.82. The van der Waals surface area contributed by atoms with Crippen molar-refractivity contribution < 1.29 is 4.79 Å². The Bertz CT molecular complexity index is 1350. The number of H-pyrrole nitrogens is 1. The maximum atomic E-state index is 13.8. The number of aryl methyl sites for hydroxylation is 2. The molecule has 4 aromatic rings. The Labute approximate surface area is 209 Å². The smallest absolute Gasteiger partial charge is 0.271 e. The van der Waals surface area contributed by atoms with Crippen molar-refractivity contribution in [3.05, 3.63) is 88.6 Å². The van der Waals surface area contributed by atoms with Crippen LogP contribution in [0.4, 0.5) is 5.69 Å². The summed E-state index contributed by atoms with van der Waals surface area (Å²) in [5.74, 6) is 0.0565. The van der Waals surface area contributed by atoms with Gasteiger partial charge in [0.25, 0.3) is 5.91 Å². The van der Waals surface area contributed by atoms with Crippen LogP contribution < -0.4 is 4.90 Å². The van der Waals surface area contributed by atoms with Crippen LogP contribution in [0, 0.1) is 13.8 Å². The summed E-state index contributed by atoms with van der Waals surface area (Å²) in [5, 5.41) is 1.77. The number of piperazine rings is 1. The molecule has 0 spiro atoms. The number of aromatic nitrogens is 1. The molecule has 1 aromatic heterocycles. The molecule has 1 unspecified atom stereocenters. The van der Waals surface area contributed by atoms with Crippen LogP contribution in [0.3, 0.4) is 0 Å². The highest BCUT2D eigenvalue weighted by Crippen LogP contribution is 2.38. The Balaban J connectivity index is 1.44. The number of hydrogen-bond donors (Lipinski definition) is 1. The second kappa shape index (κ2) is 9.40. The van der Waals surface area contributed by atoms with Gasteiger partial charge in [0.15, 0.2) is 0 Å². The average Bonchev–Trinajstić information content (AvgIpc) is 3.17. The van der Waals surface area contributed by atoms with Gasteiger partial charge in [0, 0.05) is 52.2 Å². The molecule has 1 aliphatic heterocycles. The van der Waals surface area contributed by atoms with E-state index in [1.807, 2.05) is 29.2 Å². The van der Waals surface area contributed by atoms with E-state index >= 15 is 0 Å². The second-order valence-electron chi connectivity index (χ2n) is 9.07. The van der Waals surface area contributed by atoms with Gasteiger partial charge in [-0.05, 0) is 74.4 Å². The SMILES string of the molecule is Cc1cccc(N2CCN(C(=O)c3[nH]c4cc(C)ccc4c3Sc3ccc(Cl)cc3)CC2C)c1. The van der Waals surface area contributed by atoms with Crippen molar-refractivity contribution in [2.75, 3.05) is 24.5 Å². The number of halogens is 1. The first kappa shape index (κ1) is 22.9. The molecule has 0 bridgehead atoms. The van der Waals surface area contributed by atoms with Crippen LogP contribution in [0.15, 0.2) is 76.5 Å². The van der Waals surface area contributed by atoms with Gasteiger partial charge in [0.2, 0.25) is 0 Å². The van der Waals surface area contributed by atoms with E-state index in [4.69, 9.17) is 11.6 Å². The van der Waals surface area contributed by atoms with Crippen molar-refractivity contribution in [1.82, 2.24) is 9.88 Å². The van der Waals surface area contributed by atoms with Crippen LogP contribution >= 0.6 is 23.4 Å². The average molecular weight is 490 g/mol. The predicted octanol–water partition coefficient (Wildman–Crippen LogP) is 6.94. The summed E-state index contributed by atoms with van der Waals surface area (Å²) < 4.78 is 0. The zero-order valence-corrected chi connectivity index (χ0v) is 21.2. The highest BCUT2D eigenvalue weighted by atomic mass is 35.5. The van der Waals surface area contributed by atoms with Crippen molar-refractivity contribution in [3.8, 4) is 0 Å². The monoisotopic (exact) mass is 489 g/mol. The van der Waals surface area contributed by atoms with Gasteiger partial charge in [0.05, 0.1) is 4.90 Å². The molecule has 1 fully saturated rings. The molecule has 4 nitrogen and oxygen atoms in total. The Hall–Kier alpha value is -2.89. The Kier molecular flexibility index (Phi) is 6.32. The number of nitrogens with zero attached hydrogens (tertiary/aromatic N) is 2. The lowest BCUT2D eigenvalue weighted by Crippen LogP contribution is -2.54. The Morgan fingerprint density at radius 3 is 2.50 bits per heavy atom. The van der Waals surface area contributed by atoms with E-state index in [0.29, 0.717) is 23.8 Å². The van der Waals surface area contributed by atoms with Gasteiger partial charge in [-0.3, -0.25) is 4.79 Å². The Morgan fingerprint density at radius 2 is 1.76 bits per heavy atom. The van der Waals surface area contributed by atoms with Crippen LogP contribution in [0.25, 0.3) is 10.9 Å². The molecule has 1 aliphatic rings. The summed E-state index contributed by atoms with van der Waals surface area (Å²) in [4.78, 5) is 23.7. The van der Waals surface area contributed by atoms with E-state index in [2.05, 4.69) is 73.1 Å². The third-order valence-corrected chi connectivity index (χ3v) is 7.79. The summed E-state index contributed by atoms with van der Waals surface area (Å²) in [7, 11) is 0. The molecule has 34 heavy (non-hydrogen) atoms. The number of carbonyl (C=O) groups is 1. The van der Waals surface area contributed by atoms with E-state index in [1.54, 1.807) is 11.8 Å². The molecule has 5 rings (SSSR count). The van der Waals surface area contributed by atoms with Crippen LogP contribution in [-0.4, -0.2) is 41.5 Å².